The summed E-state index contributed by atoms with van der Waals surface area (Å²) in [7, 11) is 0. The largest absolute Gasteiger partial charge is 0.384 e. The van der Waals surface area contributed by atoms with Crippen molar-refractivity contribution >= 4 is 28.5 Å². The van der Waals surface area contributed by atoms with Gasteiger partial charge in [-0.3, -0.25) is 14.8 Å². The lowest BCUT2D eigenvalue weighted by molar-refractivity contribution is 0.613. The fourth-order valence-corrected chi connectivity index (χ4v) is 5.12. The molecule has 10 heteroatoms. The quantitative estimate of drug-likeness (QED) is 0.418. The molecule has 1 aromatic carbocycles. The first-order valence-corrected chi connectivity index (χ1v) is 11.9. The molecule has 1 aliphatic heterocycles. The van der Waals surface area contributed by atoms with Crippen LogP contribution < -0.4 is 16.6 Å². The van der Waals surface area contributed by atoms with Gasteiger partial charge in [-0.1, -0.05) is 19.9 Å². The minimum atomic E-state index is -0.865. The highest BCUT2D eigenvalue weighted by Gasteiger charge is 2.24. The molecule has 4 aromatic rings. The number of hydrogen-bond donors (Lipinski definition) is 2. The SMILES string of the molecule is CC(C)c1nccc2c1-n1c(=O)[nH]c(=O)c3cc(F)c(nc31)-c1c(F)cccc1NCCCS2. The summed E-state index contributed by atoms with van der Waals surface area (Å²) >= 11 is 1.54. The summed E-state index contributed by atoms with van der Waals surface area (Å²) < 4.78 is 31.5. The number of aromatic amines is 1. The zero-order valence-electron chi connectivity index (χ0n) is 18.5. The maximum Gasteiger partial charge on any atom is 0.334 e. The van der Waals surface area contributed by atoms with Crippen LogP contribution in [0.15, 0.2) is 51.0 Å². The van der Waals surface area contributed by atoms with Gasteiger partial charge >= 0.3 is 5.69 Å². The number of halogens is 2. The Morgan fingerprint density at radius 3 is 2.76 bits per heavy atom. The van der Waals surface area contributed by atoms with Crippen LogP contribution in [-0.2, 0) is 0 Å². The predicted octanol–water partition coefficient (Wildman–Crippen LogP) is 4.45. The molecule has 1 aliphatic rings. The van der Waals surface area contributed by atoms with Crippen molar-refractivity contribution in [3.63, 3.8) is 0 Å². The number of anilines is 1. The van der Waals surface area contributed by atoms with Gasteiger partial charge in [0, 0.05) is 23.3 Å². The Bertz CT molecular complexity index is 1550. The van der Waals surface area contributed by atoms with Crippen LogP contribution in [0.3, 0.4) is 0 Å². The third-order valence-electron chi connectivity index (χ3n) is 5.67. The molecule has 7 nitrogen and oxygen atoms in total. The Hall–Kier alpha value is -3.53. The highest BCUT2D eigenvalue weighted by molar-refractivity contribution is 7.99. The third-order valence-corrected chi connectivity index (χ3v) is 6.80. The number of aromatic nitrogens is 4. The van der Waals surface area contributed by atoms with Gasteiger partial charge in [0.2, 0.25) is 0 Å². The fraction of sp³-hybridized carbons (Fsp3) is 0.250. The second kappa shape index (κ2) is 8.68. The first-order chi connectivity index (χ1) is 16.4. The maximum atomic E-state index is 15.3. The number of pyridine rings is 2. The number of benzene rings is 1. The number of H-pyrrole nitrogens is 1. The molecule has 3 aromatic heterocycles. The number of hydrogen-bond acceptors (Lipinski definition) is 6. The van der Waals surface area contributed by atoms with E-state index in [2.05, 4.69) is 20.3 Å². The first-order valence-electron chi connectivity index (χ1n) is 10.9. The van der Waals surface area contributed by atoms with Crippen LogP contribution >= 0.6 is 11.8 Å². The van der Waals surface area contributed by atoms with E-state index < -0.39 is 22.9 Å². The smallest absolute Gasteiger partial charge is 0.334 e. The number of thioether (sulfide) groups is 1. The highest BCUT2D eigenvalue weighted by atomic mass is 32.2. The van der Waals surface area contributed by atoms with Crippen LogP contribution in [0.2, 0.25) is 0 Å². The lowest BCUT2D eigenvalue weighted by Crippen LogP contribution is -2.31. The topological polar surface area (TPSA) is 92.7 Å². The summed E-state index contributed by atoms with van der Waals surface area (Å²) in [6.45, 7) is 4.42. The summed E-state index contributed by atoms with van der Waals surface area (Å²) in [6, 6.07) is 7.21. The summed E-state index contributed by atoms with van der Waals surface area (Å²) in [6.07, 6.45) is 2.41. The second-order valence-electron chi connectivity index (χ2n) is 8.27. The maximum absolute atomic E-state index is 15.3. The molecule has 0 unspecified atom stereocenters. The van der Waals surface area contributed by atoms with E-state index in [-0.39, 0.29) is 28.2 Å². The average molecular weight is 482 g/mol. The van der Waals surface area contributed by atoms with E-state index in [1.165, 1.54) is 16.7 Å². The molecule has 2 N–H and O–H groups in total. The normalized spacial score (nSPS) is 13.6. The molecule has 0 saturated carbocycles. The predicted molar refractivity (Wildman–Crippen MR) is 129 cm³/mol. The molecule has 0 amide bonds. The molecular weight excluding hydrogens is 460 g/mol. The molecule has 2 bridgehead atoms. The standard InChI is InChI=1S/C24H21F2N5O2S/c1-12(2)19-21-17(7-9-28-19)34-10-4-8-27-16-6-3-5-14(25)18(16)20-15(26)11-13-22(29-20)31(21)24(33)30-23(13)32/h3,5-7,9,11-12,27H,4,8,10H2,1-2H3,(H,30,32,33). The van der Waals surface area contributed by atoms with E-state index in [0.29, 0.717) is 29.4 Å². The number of rotatable bonds is 1. The minimum absolute atomic E-state index is 0.0522. The summed E-state index contributed by atoms with van der Waals surface area (Å²) in [5.74, 6) is -0.882. The number of nitrogens with zero attached hydrogens (tertiary/aromatic N) is 3. The van der Waals surface area contributed by atoms with Gasteiger partial charge < -0.3 is 5.32 Å². The Morgan fingerprint density at radius 1 is 1.15 bits per heavy atom. The van der Waals surface area contributed by atoms with Crippen LogP contribution in [0.25, 0.3) is 28.0 Å². The van der Waals surface area contributed by atoms with Gasteiger partial charge in [0.05, 0.1) is 22.3 Å². The molecule has 0 fully saturated rings. The average Bonchev–Trinajstić information content (AvgIpc) is 2.80. The lowest BCUT2D eigenvalue weighted by Gasteiger charge is -2.19. The summed E-state index contributed by atoms with van der Waals surface area (Å²) in [5.41, 5.74) is -0.381. The molecule has 4 heterocycles. The number of fused-ring (bicyclic) bond motifs is 5. The fourth-order valence-electron chi connectivity index (χ4n) is 4.12. The van der Waals surface area contributed by atoms with Gasteiger partial charge in [0.15, 0.2) is 11.5 Å². The summed E-state index contributed by atoms with van der Waals surface area (Å²) in [5, 5.41) is 3.06. The van der Waals surface area contributed by atoms with E-state index in [4.69, 9.17) is 0 Å². The number of nitrogens with one attached hydrogen (secondary N) is 2. The van der Waals surface area contributed by atoms with Crippen molar-refractivity contribution in [3.8, 4) is 16.9 Å². The van der Waals surface area contributed by atoms with Crippen molar-refractivity contribution in [2.75, 3.05) is 17.6 Å². The molecule has 174 valence electrons. The van der Waals surface area contributed by atoms with E-state index in [1.807, 2.05) is 13.8 Å². The monoisotopic (exact) mass is 481 g/mol. The second-order valence-corrected chi connectivity index (χ2v) is 9.41. The molecular formula is C24H21F2N5O2S. The van der Waals surface area contributed by atoms with E-state index in [0.717, 1.165) is 17.4 Å². The molecule has 0 spiro atoms. The van der Waals surface area contributed by atoms with E-state index in [9.17, 15) is 14.0 Å². The Morgan fingerprint density at radius 2 is 1.97 bits per heavy atom. The molecule has 0 radical (unpaired) electrons. The molecule has 0 saturated heterocycles. The zero-order chi connectivity index (χ0) is 24.0. The lowest BCUT2D eigenvalue weighted by atomic mass is 10.1. The van der Waals surface area contributed by atoms with Crippen molar-refractivity contribution < 1.29 is 8.78 Å². The molecule has 5 rings (SSSR count). The first kappa shape index (κ1) is 22.3. The van der Waals surface area contributed by atoms with Crippen LogP contribution in [0.1, 0.15) is 31.9 Å². The van der Waals surface area contributed by atoms with Crippen LogP contribution in [-0.4, -0.2) is 31.8 Å². The molecule has 0 aliphatic carbocycles. The van der Waals surface area contributed by atoms with Gasteiger partial charge in [0.25, 0.3) is 5.56 Å². The van der Waals surface area contributed by atoms with Crippen molar-refractivity contribution in [2.24, 2.45) is 0 Å². The zero-order valence-corrected chi connectivity index (χ0v) is 19.3. The van der Waals surface area contributed by atoms with Crippen LogP contribution in [0, 0.1) is 11.6 Å². The third kappa shape index (κ3) is 3.67. The van der Waals surface area contributed by atoms with Crippen LogP contribution in [0.5, 0.6) is 0 Å². The minimum Gasteiger partial charge on any atom is -0.384 e. The van der Waals surface area contributed by atoms with E-state index in [1.54, 1.807) is 30.1 Å². The van der Waals surface area contributed by atoms with Crippen LogP contribution in [0.4, 0.5) is 14.5 Å². The Balaban J connectivity index is 1.98. The molecule has 34 heavy (non-hydrogen) atoms. The van der Waals surface area contributed by atoms with Gasteiger partial charge in [-0.15, -0.1) is 11.8 Å². The van der Waals surface area contributed by atoms with Crippen molar-refractivity contribution in [2.45, 2.75) is 31.1 Å². The summed E-state index contributed by atoms with van der Waals surface area (Å²) in [4.78, 5) is 37.8. The van der Waals surface area contributed by atoms with Crippen molar-refractivity contribution in [3.05, 3.63) is 74.7 Å². The van der Waals surface area contributed by atoms with Gasteiger partial charge in [-0.05, 0) is 42.4 Å². The molecule has 0 atom stereocenters. The van der Waals surface area contributed by atoms with Crippen molar-refractivity contribution in [1.29, 1.82) is 0 Å². The van der Waals surface area contributed by atoms with Gasteiger partial charge in [-0.2, -0.15) is 0 Å². The van der Waals surface area contributed by atoms with Gasteiger partial charge in [-0.25, -0.2) is 23.1 Å². The van der Waals surface area contributed by atoms with Gasteiger partial charge in [0.1, 0.15) is 11.5 Å². The Kier molecular flexibility index (Phi) is 5.68. The highest BCUT2D eigenvalue weighted by Crippen LogP contribution is 2.35. The Labute approximate surface area is 197 Å². The van der Waals surface area contributed by atoms with E-state index >= 15 is 4.39 Å². The van der Waals surface area contributed by atoms with Crippen molar-refractivity contribution in [1.82, 2.24) is 19.5 Å².